The maximum atomic E-state index is 14.1. The van der Waals surface area contributed by atoms with E-state index in [2.05, 4.69) is 5.32 Å². The number of methoxy groups -OCH3 is 2. The van der Waals surface area contributed by atoms with Crippen molar-refractivity contribution in [2.75, 3.05) is 26.1 Å². The molecule has 0 aromatic heterocycles. The molecule has 1 atom stereocenters. The number of halogens is 2. The Kier molecular flexibility index (Phi) is 5.75. The molecule has 0 spiro atoms. The molecule has 0 radical (unpaired) electrons. The topological polar surface area (TPSA) is 50.8 Å². The first kappa shape index (κ1) is 20.7. The third kappa shape index (κ3) is 4.03. The molecule has 0 fully saturated rings. The Morgan fingerprint density at radius 2 is 1.71 bits per heavy atom. The van der Waals surface area contributed by atoms with Crippen LogP contribution in [0.3, 0.4) is 0 Å². The summed E-state index contributed by atoms with van der Waals surface area (Å²) in [7, 11) is 3.14. The summed E-state index contributed by atoms with van der Waals surface area (Å²) < 4.78 is 38.3. The molecular weight excluding hydrogens is 402 g/mol. The van der Waals surface area contributed by atoms with Gasteiger partial charge in [-0.05, 0) is 47.4 Å². The van der Waals surface area contributed by atoms with Crippen molar-refractivity contribution in [1.29, 1.82) is 0 Å². The van der Waals surface area contributed by atoms with Gasteiger partial charge in [-0.1, -0.05) is 30.3 Å². The molecule has 1 unspecified atom stereocenters. The second kappa shape index (κ2) is 8.63. The van der Waals surface area contributed by atoms with Gasteiger partial charge in [0, 0.05) is 12.6 Å². The highest BCUT2D eigenvalue weighted by atomic mass is 19.1. The maximum absolute atomic E-state index is 14.1. The Bertz CT molecular complexity index is 1110. The van der Waals surface area contributed by atoms with E-state index in [1.54, 1.807) is 19.1 Å². The van der Waals surface area contributed by atoms with Crippen molar-refractivity contribution in [3.05, 3.63) is 89.0 Å². The molecular formula is C24H22F2N2O3. The zero-order chi connectivity index (χ0) is 22.0. The van der Waals surface area contributed by atoms with Gasteiger partial charge >= 0.3 is 6.03 Å². The van der Waals surface area contributed by atoms with Crippen LogP contribution in [0.2, 0.25) is 0 Å². The first-order valence-electron chi connectivity index (χ1n) is 9.84. The number of nitrogens with one attached hydrogen (secondary N) is 1. The maximum Gasteiger partial charge on any atom is 0.322 e. The van der Waals surface area contributed by atoms with Gasteiger partial charge in [0.1, 0.15) is 11.6 Å². The van der Waals surface area contributed by atoms with Crippen LogP contribution in [-0.4, -0.2) is 31.7 Å². The number of anilines is 1. The van der Waals surface area contributed by atoms with Crippen LogP contribution in [0.25, 0.3) is 0 Å². The van der Waals surface area contributed by atoms with Gasteiger partial charge in [0.15, 0.2) is 11.5 Å². The highest BCUT2D eigenvalue weighted by Crippen LogP contribution is 2.41. The van der Waals surface area contributed by atoms with Gasteiger partial charge < -0.3 is 19.7 Å². The Morgan fingerprint density at radius 1 is 1.00 bits per heavy atom. The largest absolute Gasteiger partial charge is 0.493 e. The summed E-state index contributed by atoms with van der Waals surface area (Å²) in [6, 6.07) is 15.6. The summed E-state index contributed by atoms with van der Waals surface area (Å²) in [6.45, 7) is 0.413. The normalized spacial score (nSPS) is 15.2. The monoisotopic (exact) mass is 424 g/mol. The van der Waals surface area contributed by atoms with Crippen LogP contribution in [0.15, 0.2) is 60.7 Å². The molecule has 2 amide bonds. The van der Waals surface area contributed by atoms with Crippen LogP contribution < -0.4 is 14.8 Å². The number of amides is 2. The minimum absolute atomic E-state index is 0.0729. The van der Waals surface area contributed by atoms with Gasteiger partial charge in [-0.15, -0.1) is 0 Å². The van der Waals surface area contributed by atoms with E-state index in [9.17, 15) is 13.6 Å². The molecule has 1 heterocycles. The fourth-order valence-corrected chi connectivity index (χ4v) is 3.94. The standard InChI is InChI=1S/C24H22F2N2O3/c1-30-21-12-16-10-11-28(24(29)27-20-9-8-17(25)13-19(20)26)23(15-6-4-3-5-7-15)18(16)14-22(21)31-2/h3-9,12-14,23H,10-11H2,1-2H3,(H,27,29). The Morgan fingerprint density at radius 3 is 2.39 bits per heavy atom. The molecule has 3 aromatic carbocycles. The van der Waals surface area contributed by atoms with Gasteiger partial charge in [-0.3, -0.25) is 0 Å². The van der Waals surface area contributed by atoms with Crippen LogP contribution in [-0.2, 0) is 6.42 Å². The molecule has 1 aliphatic rings. The summed E-state index contributed by atoms with van der Waals surface area (Å²) >= 11 is 0. The van der Waals surface area contributed by atoms with E-state index in [4.69, 9.17) is 9.47 Å². The van der Waals surface area contributed by atoms with E-state index in [1.807, 2.05) is 42.5 Å². The van der Waals surface area contributed by atoms with Gasteiger partial charge in [0.05, 0.1) is 25.9 Å². The summed E-state index contributed by atoms with van der Waals surface area (Å²) in [5.41, 5.74) is 2.79. The van der Waals surface area contributed by atoms with Crippen molar-refractivity contribution in [2.24, 2.45) is 0 Å². The first-order chi connectivity index (χ1) is 15.0. The van der Waals surface area contributed by atoms with Crippen molar-refractivity contribution in [3.8, 4) is 11.5 Å². The Labute approximate surface area is 179 Å². The number of rotatable bonds is 4. The molecule has 3 aromatic rings. The summed E-state index contributed by atoms with van der Waals surface area (Å²) in [6.07, 6.45) is 0.596. The Balaban J connectivity index is 1.75. The zero-order valence-corrected chi connectivity index (χ0v) is 17.2. The zero-order valence-electron chi connectivity index (χ0n) is 17.2. The van der Waals surface area contributed by atoms with E-state index in [0.717, 1.165) is 28.8 Å². The molecule has 31 heavy (non-hydrogen) atoms. The SMILES string of the molecule is COc1cc2c(cc1OC)C(c1ccccc1)N(C(=O)Nc1ccc(F)cc1F)CC2. The fraction of sp³-hybridized carbons (Fsp3) is 0.208. The number of fused-ring (bicyclic) bond motifs is 1. The van der Waals surface area contributed by atoms with Crippen molar-refractivity contribution >= 4 is 11.7 Å². The summed E-state index contributed by atoms with van der Waals surface area (Å²) in [5, 5.41) is 2.58. The van der Waals surface area contributed by atoms with E-state index < -0.39 is 23.7 Å². The number of carbonyl (C=O) groups is 1. The van der Waals surface area contributed by atoms with Crippen molar-refractivity contribution in [2.45, 2.75) is 12.5 Å². The third-order valence-electron chi connectivity index (χ3n) is 5.42. The minimum atomic E-state index is -0.826. The van der Waals surface area contributed by atoms with Gasteiger partial charge in [0.25, 0.3) is 0 Å². The smallest absolute Gasteiger partial charge is 0.322 e. The molecule has 0 saturated heterocycles. The van der Waals surface area contributed by atoms with Gasteiger partial charge in [-0.25, -0.2) is 13.6 Å². The molecule has 7 heteroatoms. The number of hydrogen-bond acceptors (Lipinski definition) is 3. The molecule has 160 valence electrons. The van der Waals surface area contributed by atoms with E-state index in [-0.39, 0.29) is 5.69 Å². The number of hydrogen-bond donors (Lipinski definition) is 1. The fourth-order valence-electron chi connectivity index (χ4n) is 3.94. The predicted molar refractivity (Wildman–Crippen MR) is 114 cm³/mol. The number of urea groups is 1. The molecule has 0 aliphatic carbocycles. The molecule has 1 aliphatic heterocycles. The summed E-state index contributed by atoms with van der Waals surface area (Å²) in [4.78, 5) is 14.8. The molecule has 4 rings (SSSR count). The molecule has 5 nitrogen and oxygen atoms in total. The second-order valence-corrected chi connectivity index (χ2v) is 7.22. The van der Waals surface area contributed by atoms with E-state index in [0.29, 0.717) is 24.5 Å². The lowest BCUT2D eigenvalue weighted by atomic mass is 9.88. The Hall–Kier alpha value is -3.61. The van der Waals surface area contributed by atoms with E-state index in [1.165, 1.54) is 6.07 Å². The molecule has 0 bridgehead atoms. The van der Waals surface area contributed by atoms with Crippen LogP contribution in [0.4, 0.5) is 19.3 Å². The van der Waals surface area contributed by atoms with Crippen molar-refractivity contribution in [3.63, 3.8) is 0 Å². The predicted octanol–water partition coefficient (Wildman–Crippen LogP) is 5.16. The van der Waals surface area contributed by atoms with Crippen molar-refractivity contribution < 1.29 is 23.0 Å². The quantitative estimate of drug-likeness (QED) is 0.629. The van der Waals surface area contributed by atoms with Gasteiger partial charge in [-0.2, -0.15) is 0 Å². The summed E-state index contributed by atoms with van der Waals surface area (Å²) in [5.74, 6) is -0.340. The lowest BCUT2D eigenvalue weighted by molar-refractivity contribution is 0.193. The van der Waals surface area contributed by atoms with Crippen LogP contribution in [0.5, 0.6) is 11.5 Å². The molecule has 0 saturated carbocycles. The highest BCUT2D eigenvalue weighted by Gasteiger charge is 2.33. The lowest BCUT2D eigenvalue weighted by Gasteiger charge is -2.38. The third-order valence-corrected chi connectivity index (χ3v) is 5.42. The van der Waals surface area contributed by atoms with Crippen LogP contribution in [0.1, 0.15) is 22.7 Å². The lowest BCUT2D eigenvalue weighted by Crippen LogP contribution is -2.43. The number of carbonyl (C=O) groups excluding carboxylic acids is 1. The average molecular weight is 424 g/mol. The average Bonchev–Trinajstić information content (AvgIpc) is 2.79. The highest BCUT2D eigenvalue weighted by molar-refractivity contribution is 5.90. The number of ether oxygens (including phenoxy) is 2. The number of benzene rings is 3. The molecule has 1 N–H and O–H groups in total. The van der Waals surface area contributed by atoms with Crippen molar-refractivity contribution in [1.82, 2.24) is 4.90 Å². The van der Waals surface area contributed by atoms with Crippen LogP contribution in [0, 0.1) is 11.6 Å². The van der Waals surface area contributed by atoms with Crippen LogP contribution >= 0.6 is 0 Å². The van der Waals surface area contributed by atoms with Gasteiger partial charge in [0.2, 0.25) is 0 Å². The number of nitrogens with zero attached hydrogens (tertiary/aromatic N) is 1. The minimum Gasteiger partial charge on any atom is -0.493 e. The second-order valence-electron chi connectivity index (χ2n) is 7.22. The van der Waals surface area contributed by atoms with E-state index >= 15 is 0 Å². The first-order valence-corrected chi connectivity index (χ1v) is 9.84.